The standard InChI is InChI=1S/C12H18O4S/c1-16-12(10-6-4-3-5-7-10)11(13)8-9-17(2,14)15/h3-7,11-13H,8-9H2,1-2H3. The molecule has 0 aromatic heterocycles. The van der Waals surface area contributed by atoms with Gasteiger partial charge >= 0.3 is 0 Å². The van der Waals surface area contributed by atoms with E-state index in [4.69, 9.17) is 4.74 Å². The third-order valence-electron chi connectivity index (χ3n) is 2.52. The van der Waals surface area contributed by atoms with Crippen LogP contribution in [0.15, 0.2) is 30.3 Å². The highest BCUT2D eigenvalue weighted by Crippen LogP contribution is 2.22. The Hall–Kier alpha value is -0.910. The van der Waals surface area contributed by atoms with E-state index in [9.17, 15) is 13.5 Å². The summed E-state index contributed by atoms with van der Waals surface area (Å²) in [6, 6.07) is 9.27. The molecule has 1 rings (SSSR count). The van der Waals surface area contributed by atoms with Gasteiger partial charge in [-0.2, -0.15) is 0 Å². The third-order valence-corrected chi connectivity index (χ3v) is 3.49. The van der Waals surface area contributed by atoms with Gasteiger partial charge in [-0.15, -0.1) is 0 Å². The lowest BCUT2D eigenvalue weighted by Crippen LogP contribution is -2.23. The average molecular weight is 258 g/mol. The topological polar surface area (TPSA) is 63.6 Å². The van der Waals surface area contributed by atoms with Crippen LogP contribution in [-0.2, 0) is 14.6 Å². The summed E-state index contributed by atoms with van der Waals surface area (Å²) in [7, 11) is -1.56. The Morgan fingerprint density at radius 1 is 1.29 bits per heavy atom. The van der Waals surface area contributed by atoms with Crippen LogP contribution in [-0.4, -0.2) is 38.7 Å². The van der Waals surface area contributed by atoms with Gasteiger partial charge in [0.15, 0.2) is 0 Å². The molecular formula is C12H18O4S. The monoisotopic (exact) mass is 258 g/mol. The van der Waals surface area contributed by atoms with Crippen molar-refractivity contribution in [2.75, 3.05) is 19.1 Å². The minimum absolute atomic E-state index is 0.0408. The summed E-state index contributed by atoms with van der Waals surface area (Å²) >= 11 is 0. The summed E-state index contributed by atoms with van der Waals surface area (Å²) in [5, 5.41) is 9.94. The van der Waals surface area contributed by atoms with Gasteiger partial charge in [-0.1, -0.05) is 30.3 Å². The molecule has 2 unspecified atom stereocenters. The van der Waals surface area contributed by atoms with E-state index in [1.807, 2.05) is 30.3 Å². The molecule has 5 heteroatoms. The number of methoxy groups -OCH3 is 1. The summed E-state index contributed by atoms with van der Waals surface area (Å²) < 4.78 is 27.3. The predicted molar refractivity (Wildman–Crippen MR) is 66.5 cm³/mol. The Labute approximate surface area is 102 Å². The number of sulfone groups is 1. The summed E-state index contributed by atoms with van der Waals surface area (Å²) in [5.74, 6) is -0.0408. The number of aliphatic hydroxyl groups is 1. The number of ether oxygens (including phenoxy) is 1. The molecule has 17 heavy (non-hydrogen) atoms. The van der Waals surface area contributed by atoms with Crippen molar-refractivity contribution in [1.29, 1.82) is 0 Å². The number of hydrogen-bond acceptors (Lipinski definition) is 4. The van der Waals surface area contributed by atoms with E-state index in [1.54, 1.807) is 0 Å². The highest BCUT2D eigenvalue weighted by molar-refractivity contribution is 7.90. The molecule has 0 heterocycles. The van der Waals surface area contributed by atoms with E-state index in [1.165, 1.54) is 7.11 Å². The SMILES string of the molecule is COC(c1ccccc1)C(O)CCS(C)(=O)=O. The van der Waals surface area contributed by atoms with E-state index in [0.29, 0.717) is 0 Å². The summed E-state index contributed by atoms with van der Waals surface area (Å²) in [6.07, 6.45) is 0.0195. The first kappa shape index (κ1) is 14.2. The van der Waals surface area contributed by atoms with Crippen LogP contribution in [0.3, 0.4) is 0 Å². The van der Waals surface area contributed by atoms with Gasteiger partial charge in [-0.25, -0.2) is 8.42 Å². The van der Waals surface area contributed by atoms with Crippen molar-refractivity contribution in [2.45, 2.75) is 18.6 Å². The Morgan fingerprint density at radius 3 is 2.35 bits per heavy atom. The van der Waals surface area contributed by atoms with E-state index >= 15 is 0 Å². The molecule has 1 aromatic carbocycles. The molecule has 0 fully saturated rings. The second kappa shape index (κ2) is 6.14. The second-order valence-electron chi connectivity index (χ2n) is 4.05. The maximum Gasteiger partial charge on any atom is 0.147 e. The van der Waals surface area contributed by atoms with Gasteiger partial charge in [0, 0.05) is 13.4 Å². The summed E-state index contributed by atoms with van der Waals surface area (Å²) in [5.41, 5.74) is 0.844. The van der Waals surface area contributed by atoms with Gasteiger partial charge in [-0.3, -0.25) is 0 Å². The predicted octanol–water partition coefficient (Wildman–Crippen LogP) is 1.17. The Bertz CT molecular complexity index is 427. The van der Waals surface area contributed by atoms with Gasteiger partial charge in [0.05, 0.1) is 11.9 Å². The highest BCUT2D eigenvalue weighted by atomic mass is 32.2. The molecule has 1 aromatic rings. The fourth-order valence-corrected chi connectivity index (χ4v) is 2.31. The first-order valence-electron chi connectivity index (χ1n) is 5.37. The molecule has 0 amide bonds. The number of benzene rings is 1. The quantitative estimate of drug-likeness (QED) is 0.832. The smallest absolute Gasteiger partial charge is 0.147 e. The lowest BCUT2D eigenvalue weighted by molar-refractivity contribution is -0.0144. The highest BCUT2D eigenvalue weighted by Gasteiger charge is 2.21. The van der Waals surface area contributed by atoms with Crippen LogP contribution >= 0.6 is 0 Å². The normalized spacial score (nSPS) is 15.5. The van der Waals surface area contributed by atoms with Crippen molar-refractivity contribution >= 4 is 9.84 Å². The van der Waals surface area contributed by atoms with Gasteiger partial charge < -0.3 is 9.84 Å². The Balaban J connectivity index is 2.68. The van der Waals surface area contributed by atoms with Crippen LogP contribution in [0.25, 0.3) is 0 Å². The lowest BCUT2D eigenvalue weighted by atomic mass is 10.0. The number of rotatable bonds is 6. The van der Waals surface area contributed by atoms with E-state index in [0.717, 1.165) is 11.8 Å². The fourth-order valence-electron chi connectivity index (χ4n) is 1.64. The molecule has 0 aliphatic rings. The first-order chi connectivity index (χ1) is 7.94. The van der Waals surface area contributed by atoms with Gasteiger partial charge in [0.1, 0.15) is 15.9 Å². The zero-order chi connectivity index (χ0) is 12.9. The van der Waals surface area contributed by atoms with Gasteiger partial charge in [0.2, 0.25) is 0 Å². The van der Waals surface area contributed by atoms with E-state index < -0.39 is 22.0 Å². The third kappa shape index (κ3) is 4.85. The van der Waals surface area contributed by atoms with Crippen molar-refractivity contribution in [2.24, 2.45) is 0 Å². The van der Waals surface area contributed by atoms with Gasteiger partial charge in [-0.05, 0) is 12.0 Å². The zero-order valence-electron chi connectivity index (χ0n) is 10.0. The van der Waals surface area contributed by atoms with Crippen molar-refractivity contribution in [3.05, 3.63) is 35.9 Å². The summed E-state index contributed by atoms with van der Waals surface area (Å²) in [6.45, 7) is 0. The molecule has 0 spiro atoms. The number of hydrogen-bond donors (Lipinski definition) is 1. The number of aliphatic hydroxyl groups excluding tert-OH is 1. The van der Waals surface area contributed by atoms with E-state index in [2.05, 4.69) is 0 Å². The van der Waals surface area contributed by atoms with Crippen LogP contribution in [0, 0.1) is 0 Å². The zero-order valence-corrected chi connectivity index (χ0v) is 10.9. The van der Waals surface area contributed by atoms with Crippen LogP contribution in [0.5, 0.6) is 0 Å². The van der Waals surface area contributed by atoms with Crippen molar-refractivity contribution in [3.8, 4) is 0 Å². The molecule has 0 saturated heterocycles. The lowest BCUT2D eigenvalue weighted by Gasteiger charge is -2.21. The van der Waals surface area contributed by atoms with Crippen molar-refractivity contribution < 1.29 is 18.3 Å². The van der Waals surface area contributed by atoms with Gasteiger partial charge in [0.25, 0.3) is 0 Å². The van der Waals surface area contributed by atoms with E-state index in [-0.39, 0.29) is 12.2 Å². The molecule has 4 nitrogen and oxygen atoms in total. The van der Waals surface area contributed by atoms with Crippen LogP contribution in [0.2, 0.25) is 0 Å². The largest absolute Gasteiger partial charge is 0.390 e. The minimum atomic E-state index is -3.06. The molecule has 2 atom stereocenters. The molecule has 0 saturated carbocycles. The second-order valence-corrected chi connectivity index (χ2v) is 6.31. The molecule has 0 radical (unpaired) electrons. The Morgan fingerprint density at radius 2 is 1.88 bits per heavy atom. The Kier molecular flexibility index (Phi) is 5.11. The molecular weight excluding hydrogens is 240 g/mol. The van der Waals surface area contributed by atoms with Crippen molar-refractivity contribution in [3.63, 3.8) is 0 Å². The molecule has 0 aliphatic heterocycles. The molecule has 96 valence electrons. The van der Waals surface area contributed by atoms with Crippen LogP contribution in [0.1, 0.15) is 18.1 Å². The maximum atomic E-state index is 11.0. The van der Waals surface area contributed by atoms with Crippen molar-refractivity contribution in [1.82, 2.24) is 0 Å². The molecule has 0 bridgehead atoms. The van der Waals surface area contributed by atoms with Crippen LogP contribution < -0.4 is 0 Å². The van der Waals surface area contributed by atoms with Crippen LogP contribution in [0.4, 0.5) is 0 Å². The fraction of sp³-hybridized carbons (Fsp3) is 0.500. The maximum absolute atomic E-state index is 11.0. The first-order valence-corrected chi connectivity index (χ1v) is 7.43. The minimum Gasteiger partial charge on any atom is -0.390 e. The summed E-state index contributed by atoms with van der Waals surface area (Å²) in [4.78, 5) is 0. The average Bonchev–Trinajstić information content (AvgIpc) is 2.28. The molecule has 1 N–H and O–H groups in total. The molecule has 0 aliphatic carbocycles.